The number of alkyl halides is 1. The molecule has 0 unspecified atom stereocenters. The number of rotatable bonds is 1. The monoisotopic (exact) mass is 390 g/mol. The minimum absolute atomic E-state index is 0.0478. The van der Waals surface area contributed by atoms with Crippen molar-refractivity contribution in [3.8, 4) is 0 Å². The molecule has 4 rings (SSSR count). The molecule has 0 saturated heterocycles. The number of para-hydroxylation sites is 1. The lowest BCUT2D eigenvalue weighted by atomic mass is 10.1. The van der Waals surface area contributed by atoms with Crippen molar-refractivity contribution in [2.24, 2.45) is 0 Å². The average Bonchev–Trinajstić information content (AvgIpc) is 2.85. The number of hydrogen-bond acceptors (Lipinski definition) is 2. The van der Waals surface area contributed by atoms with E-state index in [1.54, 1.807) is 0 Å². The van der Waals surface area contributed by atoms with Gasteiger partial charge in [-0.3, -0.25) is 4.79 Å². The van der Waals surface area contributed by atoms with Gasteiger partial charge in [-0.15, -0.1) is 0 Å². The average molecular weight is 392 g/mol. The van der Waals surface area contributed by atoms with Gasteiger partial charge in [-0.1, -0.05) is 28.1 Å². The Balaban J connectivity index is 2.47. The van der Waals surface area contributed by atoms with Gasteiger partial charge in [0.1, 0.15) is 0 Å². The minimum Gasteiger partial charge on any atom is -0.288 e. The van der Waals surface area contributed by atoms with Crippen LogP contribution in [0.25, 0.3) is 27.2 Å². The van der Waals surface area contributed by atoms with Gasteiger partial charge in [0.25, 0.3) is 0 Å². The van der Waals surface area contributed by atoms with E-state index in [9.17, 15) is 4.79 Å². The molecule has 5 heteroatoms. The SMILES string of the molecule is O=c1c2ccccc2n2nc(CBr)c3ccc(Br)c1c32. The molecule has 0 aliphatic carbocycles. The maximum absolute atomic E-state index is 12.7. The van der Waals surface area contributed by atoms with E-state index in [4.69, 9.17) is 0 Å². The lowest BCUT2D eigenvalue weighted by Gasteiger charge is -2.05. The van der Waals surface area contributed by atoms with Crippen LogP contribution in [0.5, 0.6) is 0 Å². The molecule has 0 amide bonds. The van der Waals surface area contributed by atoms with Gasteiger partial charge in [0.2, 0.25) is 0 Å². The van der Waals surface area contributed by atoms with Crippen molar-refractivity contribution >= 4 is 59.1 Å². The maximum Gasteiger partial charge on any atom is 0.198 e. The molecule has 0 aliphatic heterocycles. The van der Waals surface area contributed by atoms with E-state index < -0.39 is 0 Å². The number of pyridine rings is 1. The Labute approximate surface area is 130 Å². The molecule has 4 aromatic rings. The normalized spacial score (nSPS) is 11.9. The van der Waals surface area contributed by atoms with Crippen molar-refractivity contribution in [1.29, 1.82) is 0 Å². The van der Waals surface area contributed by atoms with E-state index in [2.05, 4.69) is 37.0 Å². The topological polar surface area (TPSA) is 34.4 Å². The standard InChI is InChI=1S/C15H8Br2N2O/c16-7-11-8-5-6-10(17)13-14(8)19(18-11)12-4-2-1-3-9(12)15(13)20/h1-6H,7H2. The van der Waals surface area contributed by atoms with Gasteiger partial charge in [-0.25, -0.2) is 4.52 Å². The Morgan fingerprint density at radius 2 is 1.90 bits per heavy atom. The molecular formula is C15H8Br2N2O. The Kier molecular flexibility index (Phi) is 2.62. The Bertz CT molecular complexity index is 1020. The molecular weight excluding hydrogens is 384 g/mol. The molecule has 0 aliphatic rings. The predicted molar refractivity (Wildman–Crippen MR) is 88.0 cm³/mol. The predicted octanol–water partition coefficient (Wildman–Crippen LogP) is 4.10. The lowest BCUT2D eigenvalue weighted by molar-refractivity contribution is 0.970. The van der Waals surface area contributed by atoms with E-state index in [-0.39, 0.29) is 5.43 Å². The zero-order valence-electron chi connectivity index (χ0n) is 10.2. The second kappa shape index (κ2) is 4.27. The lowest BCUT2D eigenvalue weighted by Crippen LogP contribution is -2.07. The van der Waals surface area contributed by atoms with Gasteiger partial charge in [-0.2, -0.15) is 5.10 Å². The number of aromatic nitrogens is 2. The fourth-order valence-electron chi connectivity index (χ4n) is 2.72. The molecule has 3 nitrogen and oxygen atoms in total. The first-order chi connectivity index (χ1) is 9.72. The third kappa shape index (κ3) is 1.45. The zero-order chi connectivity index (χ0) is 13.9. The van der Waals surface area contributed by atoms with E-state index >= 15 is 0 Å². The first-order valence-corrected chi connectivity index (χ1v) is 8.04. The number of nitrogens with zero attached hydrogens (tertiary/aromatic N) is 2. The molecule has 0 saturated carbocycles. The van der Waals surface area contributed by atoms with Crippen LogP contribution in [0, 0.1) is 0 Å². The highest BCUT2D eigenvalue weighted by atomic mass is 79.9. The van der Waals surface area contributed by atoms with Crippen LogP contribution >= 0.6 is 31.9 Å². The van der Waals surface area contributed by atoms with E-state index in [0.29, 0.717) is 16.1 Å². The summed E-state index contributed by atoms with van der Waals surface area (Å²) in [5.41, 5.74) is 2.72. The summed E-state index contributed by atoms with van der Waals surface area (Å²) in [6.45, 7) is 0. The molecule has 0 N–H and O–H groups in total. The third-order valence-corrected chi connectivity index (χ3v) is 4.79. The summed E-state index contributed by atoms with van der Waals surface area (Å²) in [7, 11) is 0. The summed E-state index contributed by atoms with van der Waals surface area (Å²) >= 11 is 6.96. The van der Waals surface area contributed by atoms with Crippen LogP contribution in [0.15, 0.2) is 45.7 Å². The third-order valence-electron chi connectivity index (χ3n) is 3.60. The van der Waals surface area contributed by atoms with E-state index in [1.165, 1.54) is 0 Å². The summed E-state index contributed by atoms with van der Waals surface area (Å²) in [4.78, 5) is 12.7. The zero-order valence-corrected chi connectivity index (χ0v) is 13.4. The Morgan fingerprint density at radius 3 is 2.70 bits per heavy atom. The van der Waals surface area contributed by atoms with Crippen LogP contribution in [0.2, 0.25) is 0 Å². The van der Waals surface area contributed by atoms with E-state index in [0.717, 1.165) is 26.6 Å². The summed E-state index contributed by atoms with van der Waals surface area (Å²) in [6.07, 6.45) is 0. The van der Waals surface area contributed by atoms with Gasteiger partial charge >= 0.3 is 0 Å². The Hall–Kier alpha value is -1.46. The fourth-order valence-corrected chi connectivity index (χ4v) is 3.63. The largest absolute Gasteiger partial charge is 0.288 e. The molecule has 2 heterocycles. The van der Waals surface area contributed by atoms with Crippen molar-refractivity contribution in [2.45, 2.75) is 5.33 Å². The van der Waals surface area contributed by atoms with Crippen LogP contribution in [0.1, 0.15) is 5.69 Å². The molecule has 0 fully saturated rings. The molecule has 0 radical (unpaired) electrons. The second-order valence-corrected chi connectivity index (χ2v) is 6.07. The summed E-state index contributed by atoms with van der Waals surface area (Å²) < 4.78 is 2.69. The van der Waals surface area contributed by atoms with Gasteiger partial charge < -0.3 is 0 Å². The number of benzene rings is 2. The van der Waals surface area contributed by atoms with Crippen molar-refractivity contribution in [1.82, 2.24) is 9.61 Å². The summed E-state index contributed by atoms with van der Waals surface area (Å²) in [5.74, 6) is 0. The first kappa shape index (κ1) is 12.3. The van der Waals surface area contributed by atoms with E-state index in [1.807, 2.05) is 40.9 Å². The van der Waals surface area contributed by atoms with Crippen LogP contribution < -0.4 is 5.43 Å². The molecule has 0 spiro atoms. The van der Waals surface area contributed by atoms with Crippen molar-refractivity contribution < 1.29 is 0 Å². The summed E-state index contributed by atoms with van der Waals surface area (Å²) in [6, 6.07) is 11.5. The van der Waals surface area contributed by atoms with Crippen LogP contribution in [0.3, 0.4) is 0 Å². The van der Waals surface area contributed by atoms with Crippen molar-refractivity contribution in [3.63, 3.8) is 0 Å². The summed E-state index contributed by atoms with van der Waals surface area (Å²) in [5, 5.41) is 7.72. The molecule has 20 heavy (non-hydrogen) atoms. The molecule has 0 atom stereocenters. The fraction of sp³-hybridized carbons (Fsp3) is 0.0667. The van der Waals surface area contributed by atoms with Gasteiger partial charge in [0.15, 0.2) is 5.43 Å². The quantitative estimate of drug-likeness (QED) is 0.361. The van der Waals surface area contributed by atoms with Gasteiger partial charge in [0, 0.05) is 20.6 Å². The Morgan fingerprint density at radius 1 is 1.10 bits per heavy atom. The molecule has 0 bridgehead atoms. The molecule has 98 valence electrons. The highest BCUT2D eigenvalue weighted by Crippen LogP contribution is 2.31. The van der Waals surface area contributed by atoms with Gasteiger partial charge in [0.05, 0.1) is 22.1 Å². The number of fused-ring (bicyclic) bond motifs is 2. The van der Waals surface area contributed by atoms with Crippen molar-refractivity contribution in [3.05, 3.63) is 56.8 Å². The van der Waals surface area contributed by atoms with Crippen LogP contribution in [-0.2, 0) is 5.33 Å². The highest BCUT2D eigenvalue weighted by molar-refractivity contribution is 9.10. The van der Waals surface area contributed by atoms with Crippen LogP contribution in [-0.4, -0.2) is 9.61 Å². The minimum atomic E-state index is 0.0478. The maximum atomic E-state index is 12.7. The van der Waals surface area contributed by atoms with Crippen molar-refractivity contribution in [2.75, 3.05) is 0 Å². The molecule has 2 aromatic heterocycles. The van der Waals surface area contributed by atoms with Gasteiger partial charge in [-0.05, 0) is 40.2 Å². The van der Waals surface area contributed by atoms with Crippen LogP contribution in [0.4, 0.5) is 0 Å². The molecule has 2 aromatic carbocycles. The number of hydrogen-bond donors (Lipinski definition) is 0. The number of halogens is 2. The highest BCUT2D eigenvalue weighted by Gasteiger charge is 2.18. The smallest absolute Gasteiger partial charge is 0.198 e. The second-order valence-electron chi connectivity index (χ2n) is 4.66. The first-order valence-electron chi connectivity index (χ1n) is 6.12.